The van der Waals surface area contributed by atoms with Gasteiger partial charge in [0, 0.05) is 25.7 Å². The van der Waals surface area contributed by atoms with E-state index in [1.807, 2.05) is 0 Å². The second-order valence-electron chi connectivity index (χ2n) is 4.75. The molecule has 0 rings (SSSR count). The second kappa shape index (κ2) is 11.9. The van der Waals surface area contributed by atoms with Crippen molar-refractivity contribution in [2.24, 2.45) is 0 Å². The zero-order valence-electron chi connectivity index (χ0n) is 12.0. The van der Waals surface area contributed by atoms with Gasteiger partial charge in [0.15, 0.2) is 0 Å². The van der Waals surface area contributed by atoms with Crippen molar-refractivity contribution in [3.05, 3.63) is 0 Å². The van der Waals surface area contributed by atoms with E-state index in [2.05, 4.69) is 4.74 Å². The van der Waals surface area contributed by atoms with Crippen LogP contribution < -0.4 is 0 Å². The van der Waals surface area contributed by atoms with E-state index in [1.54, 1.807) is 0 Å². The minimum atomic E-state index is -0.914. The van der Waals surface area contributed by atoms with Crippen molar-refractivity contribution in [2.45, 2.75) is 64.2 Å². The van der Waals surface area contributed by atoms with Gasteiger partial charge in [-0.15, -0.1) is 0 Å². The lowest BCUT2D eigenvalue weighted by Crippen LogP contribution is -2.12. The first-order valence-corrected chi connectivity index (χ1v) is 7.09. The first-order chi connectivity index (χ1) is 9.91. The number of esters is 2. The molecule has 7 heteroatoms. The van der Waals surface area contributed by atoms with Gasteiger partial charge in [-0.3, -0.25) is 19.2 Å². The maximum absolute atomic E-state index is 11.3. The Hall–Kier alpha value is -1.92. The van der Waals surface area contributed by atoms with Gasteiger partial charge in [0.05, 0.1) is 0 Å². The standard InChI is InChI=1S/C14H22O7/c15-11(16)7-3-1-2-4-9-13(19)21-14(20)10-6-5-8-12(17)18/h1-10H2,(H,15,16)(H,17,18). The molecule has 0 spiro atoms. The number of ether oxygens (including phenoxy) is 1. The molecule has 2 N–H and O–H groups in total. The van der Waals surface area contributed by atoms with Crippen LogP contribution in [0.15, 0.2) is 0 Å². The fourth-order valence-corrected chi connectivity index (χ4v) is 1.67. The summed E-state index contributed by atoms with van der Waals surface area (Å²) in [6.07, 6.45) is 3.63. The molecule has 0 saturated heterocycles. The first kappa shape index (κ1) is 19.1. The number of unbranched alkanes of at least 4 members (excludes halogenated alkanes) is 4. The lowest BCUT2D eigenvalue weighted by atomic mass is 10.1. The Kier molecular flexibility index (Phi) is 10.8. The molecule has 0 bridgehead atoms. The van der Waals surface area contributed by atoms with Gasteiger partial charge >= 0.3 is 23.9 Å². The second-order valence-corrected chi connectivity index (χ2v) is 4.75. The normalized spacial score (nSPS) is 10.1. The SMILES string of the molecule is O=C(O)CCCCCCC(=O)OC(=O)CCCCC(=O)O. The summed E-state index contributed by atoms with van der Waals surface area (Å²) in [5.41, 5.74) is 0. The molecule has 0 unspecified atom stereocenters. The van der Waals surface area contributed by atoms with Crippen molar-refractivity contribution in [3.8, 4) is 0 Å². The number of rotatable bonds is 12. The molecule has 0 fully saturated rings. The third-order valence-electron chi connectivity index (χ3n) is 2.77. The molecule has 0 amide bonds. The zero-order chi connectivity index (χ0) is 16.1. The molecule has 0 aromatic rings. The van der Waals surface area contributed by atoms with Crippen molar-refractivity contribution in [2.75, 3.05) is 0 Å². The van der Waals surface area contributed by atoms with Crippen LogP contribution in [0.5, 0.6) is 0 Å². The Morgan fingerprint density at radius 1 is 0.571 bits per heavy atom. The van der Waals surface area contributed by atoms with Crippen molar-refractivity contribution < 1.29 is 34.1 Å². The maximum atomic E-state index is 11.3. The van der Waals surface area contributed by atoms with E-state index < -0.39 is 23.9 Å². The van der Waals surface area contributed by atoms with Gasteiger partial charge in [-0.05, 0) is 25.7 Å². The van der Waals surface area contributed by atoms with Crippen LogP contribution in [-0.4, -0.2) is 34.1 Å². The minimum absolute atomic E-state index is 0.00241. The van der Waals surface area contributed by atoms with Crippen LogP contribution in [-0.2, 0) is 23.9 Å². The van der Waals surface area contributed by atoms with Gasteiger partial charge in [-0.25, -0.2) is 0 Å². The van der Waals surface area contributed by atoms with Crippen LogP contribution in [0.2, 0.25) is 0 Å². The van der Waals surface area contributed by atoms with Crippen LogP contribution in [0.4, 0.5) is 0 Å². The van der Waals surface area contributed by atoms with Crippen molar-refractivity contribution in [3.63, 3.8) is 0 Å². The van der Waals surface area contributed by atoms with Gasteiger partial charge in [0.2, 0.25) is 0 Å². The van der Waals surface area contributed by atoms with Crippen molar-refractivity contribution in [1.29, 1.82) is 0 Å². The number of carboxylic acid groups (broad SMARTS) is 2. The van der Waals surface area contributed by atoms with Crippen LogP contribution in [0, 0.1) is 0 Å². The number of carbonyl (C=O) groups is 4. The van der Waals surface area contributed by atoms with E-state index in [-0.39, 0.29) is 25.7 Å². The topological polar surface area (TPSA) is 118 Å². The molecule has 0 aliphatic heterocycles. The number of carboxylic acids is 2. The molecule has 0 saturated carbocycles. The van der Waals surface area contributed by atoms with Crippen LogP contribution in [0.3, 0.4) is 0 Å². The zero-order valence-corrected chi connectivity index (χ0v) is 12.0. The molecule has 0 heterocycles. The summed E-state index contributed by atoms with van der Waals surface area (Å²) in [4.78, 5) is 43.1. The molecule has 0 radical (unpaired) electrons. The maximum Gasteiger partial charge on any atom is 0.313 e. The minimum Gasteiger partial charge on any atom is -0.481 e. The highest BCUT2D eigenvalue weighted by atomic mass is 16.6. The number of hydrogen-bond donors (Lipinski definition) is 2. The predicted molar refractivity (Wildman–Crippen MR) is 72.5 cm³/mol. The van der Waals surface area contributed by atoms with E-state index in [1.165, 1.54) is 0 Å². The van der Waals surface area contributed by atoms with Gasteiger partial charge < -0.3 is 14.9 Å². The van der Waals surface area contributed by atoms with E-state index in [4.69, 9.17) is 10.2 Å². The summed E-state index contributed by atoms with van der Waals surface area (Å²) in [5.74, 6) is -2.96. The summed E-state index contributed by atoms with van der Waals surface area (Å²) in [5, 5.41) is 16.8. The summed E-state index contributed by atoms with van der Waals surface area (Å²) in [7, 11) is 0. The summed E-state index contributed by atoms with van der Waals surface area (Å²) in [6, 6.07) is 0. The molecule has 120 valence electrons. The summed E-state index contributed by atoms with van der Waals surface area (Å²) in [6.45, 7) is 0. The largest absolute Gasteiger partial charge is 0.481 e. The van der Waals surface area contributed by atoms with E-state index in [9.17, 15) is 19.2 Å². The Bertz CT molecular complexity index is 362. The Balaban J connectivity index is 3.49. The van der Waals surface area contributed by atoms with Gasteiger partial charge in [-0.1, -0.05) is 12.8 Å². The fraction of sp³-hybridized carbons (Fsp3) is 0.714. The molecule has 0 aliphatic rings. The van der Waals surface area contributed by atoms with Crippen molar-refractivity contribution >= 4 is 23.9 Å². The fourth-order valence-electron chi connectivity index (χ4n) is 1.67. The average molecular weight is 302 g/mol. The number of carbonyl (C=O) groups excluding carboxylic acids is 2. The van der Waals surface area contributed by atoms with Gasteiger partial charge in [0.25, 0.3) is 0 Å². The lowest BCUT2D eigenvalue weighted by Gasteiger charge is -2.03. The Labute approximate surface area is 123 Å². The molecular formula is C14H22O7. The lowest BCUT2D eigenvalue weighted by molar-refractivity contribution is -0.160. The number of aliphatic carboxylic acids is 2. The third-order valence-corrected chi connectivity index (χ3v) is 2.77. The highest BCUT2D eigenvalue weighted by molar-refractivity contribution is 5.85. The predicted octanol–water partition coefficient (Wildman–Crippen LogP) is 2.13. The van der Waals surface area contributed by atoms with Crippen LogP contribution in [0.1, 0.15) is 64.2 Å². The number of hydrogen-bond acceptors (Lipinski definition) is 5. The molecule has 7 nitrogen and oxygen atoms in total. The molecule has 0 aromatic carbocycles. The highest BCUT2D eigenvalue weighted by Crippen LogP contribution is 2.07. The Morgan fingerprint density at radius 2 is 0.905 bits per heavy atom. The van der Waals surface area contributed by atoms with Crippen LogP contribution >= 0.6 is 0 Å². The first-order valence-electron chi connectivity index (χ1n) is 7.09. The highest BCUT2D eigenvalue weighted by Gasteiger charge is 2.10. The molecule has 0 aromatic heterocycles. The van der Waals surface area contributed by atoms with E-state index in [0.717, 1.165) is 12.8 Å². The quantitative estimate of drug-likeness (QED) is 0.322. The molecule has 0 aliphatic carbocycles. The van der Waals surface area contributed by atoms with E-state index in [0.29, 0.717) is 25.7 Å². The smallest absolute Gasteiger partial charge is 0.313 e. The van der Waals surface area contributed by atoms with Gasteiger partial charge in [0.1, 0.15) is 0 Å². The monoisotopic (exact) mass is 302 g/mol. The molecule has 21 heavy (non-hydrogen) atoms. The molecular weight excluding hydrogens is 280 g/mol. The summed E-state index contributed by atoms with van der Waals surface area (Å²) >= 11 is 0. The van der Waals surface area contributed by atoms with Crippen LogP contribution in [0.25, 0.3) is 0 Å². The summed E-state index contributed by atoms with van der Waals surface area (Å²) < 4.78 is 4.58. The van der Waals surface area contributed by atoms with Crippen molar-refractivity contribution in [1.82, 2.24) is 0 Å². The molecule has 0 atom stereocenters. The average Bonchev–Trinajstić information content (AvgIpc) is 2.38. The Morgan fingerprint density at radius 3 is 1.33 bits per heavy atom. The van der Waals surface area contributed by atoms with E-state index >= 15 is 0 Å². The van der Waals surface area contributed by atoms with Gasteiger partial charge in [-0.2, -0.15) is 0 Å². The third kappa shape index (κ3) is 14.3.